The van der Waals surface area contributed by atoms with E-state index in [0.29, 0.717) is 0 Å². The number of hydrogen-bond donors (Lipinski definition) is 0. The van der Waals surface area contributed by atoms with Gasteiger partial charge in [0.25, 0.3) is 0 Å². The molecule has 0 aliphatic carbocycles. The van der Waals surface area contributed by atoms with Crippen molar-refractivity contribution in [3.8, 4) is 0 Å². The Labute approximate surface area is 228 Å². The normalized spacial score (nSPS) is 11.8. The smallest absolute Gasteiger partial charge is 1.00 e. The molecule has 2 aromatic carbocycles. The molecule has 0 nitrogen and oxygen atoms in total. The third kappa shape index (κ3) is 13.3. The first-order valence-corrected chi connectivity index (χ1v) is 17.4. The van der Waals surface area contributed by atoms with Crippen LogP contribution in [0.1, 0.15) is 105 Å². The zero-order valence-electron chi connectivity index (χ0n) is 23.2. The first-order chi connectivity index (χ1) is 13.2. The van der Waals surface area contributed by atoms with Crippen molar-refractivity contribution < 1.29 is 48.1 Å². The molecule has 0 amide bonds. The average Bonchev–Trinajstić information content (AvgIpc) is 3.15. The maximum Gasteiger partial charge on any atom is -1.00 e. The van der Waals surface area contributed by atoms with Crippen molar-refractivity contribution >= 4 is 5.43 Å². The molecule has 4 heteroatoms. The van der Waals surface area contributed by atoms with Crippen molar-refractivity contribution in [3.05, 3.63) is 58.7 Å². The van der Waals surface area contributed by atoms with Gasteiger partial charge in [-0.2, -0.15) is 23.3 Å². The van der Waals surface area contributed by atoms with Crippen LogP contribution in [0.15, 0.2) is 36.4 Å². The predicted molar refractivity (Wildman–Crippen MR) is 136 cm³/mol. The third-order valence-corrected chi connectivity index (χ3v) is 4.86. The fraction of sp³-hybridized carbons (Fsp3) is 0.643. The molecule has 0 unspecified atom stereocenters. The van der Waals surface area contributed by atoms with E-state index < -0.39 is 0 Å². The van der Waals surface area contributed by atoms with Gasteiger partial charge in [0.05, 0.1) is 0 Å². The quantitative estimate of drug-likeness (QED) is 0.336. The van der Waals surface area contributed by atoms with E-state index in [1.54, 1.807) is 23.3 Å². The molecule has 0 aliphatic rings. The molecular weight excluding hydrogens is 527 g/mol. The van der Waals surface area contributed by atoms with Crippen molar-refractivity contribution in [2.45, 2.75) is 118 Å². The zero-order valence-corrected chi connectivity index (χ0v) is 28.2. The van der Waals surface area contributed by atoms with Crippen LogP contribution in [-0.4, -0.2) is 5.43 Å². The molecule has 184 valence electrons. The summed E-state index contributed by atoms with van der Waals surface area (Å²) in [5.41, 5.74) is 7.23. The van der Waals surface area contributed by atoms with Crippen molar-refractivity contribution in [1.29, 1.82) is 0 Å². The van der Waals surface area contributed by atoms with Crippen molar-refractivity contribution in [3.63, 3.8) is 0 Å². The van der Waals surface area contributed by atoms with E-state index in [2.05, 4.69) is 133 Å². The zero-order chi connectivity index (χ0) is 24.1. The molecule has 32 heavy (non-hydrogen) atoms. The monoisotopic (exact) mass is 572 g/mol. The standard InChI is InChI=1S/2C13H21.C2H6Si.2ClH.Zr/c2*1-12(2,3)10-8-7-9-11(10)13(4,5)6;1-3-2;;;/h2*7-9H,1-6H3;1-2H3;2*1H;/q2*-1;;;;+2/p-2. The summed E-state index contributed by atoms with van der Waals surface area (Å²) in [5.74, 6) is 0. The summed E-state index contributed by atoms with van der Waals surface area (Å²) in [7, 11) is 0. The first-order valence-electron chi connectivity index (χ1n) is 11.2. The van der Waals surface area contributed by atoms with Crippen molar-refractivity contribution in [2.75, 3.05) is 0 Å². The third-order valence-electron chi connectivity index (χ3n) is 4.86. The molecule has 0 saturated heterocycles. The van der Waals surface area contributed by atoms with E-state index in [1.165, 1.54) is 22.3 Å². The summed E-state index contributed by atoms with van der Waals surface area (Å²) >= 11 is 1.74. The van der Waals surface area contributed by atoms with Gasteiger partial charge in [-0.25, -0.2) is 24.3 Å². The van der Waals surface area contributed by atoms with Crippen LogP contribution in [0.3, 0.4) is 0 Å². The van der Waals surface area contributed by atoms with Gasteiger partial charge in [0.15, 0.2) is 0 Å². The van der Waals surface area contributed by atoms with Gasteiger partial charge in [0.1, 0.15) is 0 Å². The SMILES string of the molecule is CC(C)(C)c1ccc[c-]1C(C)(C)C.CC(C)(C)c1ccc[c-]1C(C)(C)C.C[Si](C)=[Zr+2].[Cl-].[Cl-]. The van der Waals surface area contributed by atoms with Crippen LogP contribution in [0.5, 0.6) is 0 Å². The van der Waals surface area contributed by atoms with E-state index in [9.17, 15) is 0 Å². The molecule has 0 aromatic heterocycles. The number of hydrogen-bond acceptors (Lipinski definition) is 0. The minimum atomic E-state index is 0. The Morgan fingerprint density at radius 2 is 0.812 bits per heavy atom. The predicted octanol–water partition coefficient (Wildman–Crippen LogP) is 2.79. The van der Waals surface area contributed by atoms with Gasteiger partial charge in [-0.05, 0) is 10.8 Å². The van der Waals surface area contributed by atoms with E-state index in [1.807, 2.05) is 0 Å². The van der Waals surface area contributed by atoms with Gasteiger partial charge in [-0.3, -0.25) is 0 Å². The Balaban J connectivity index is -0.000000428. The first kappa shape index (κ1) is 36.9. The van der Waals surface area contributed by atoms with Gasteiger partial charge in [-0.15, -0.1) is 11.1 Å². The minimum absolute atomic E-state index is 0. The summed E-state index contributed by atoms with van der Waals surface area (Å²) in [6.07, 6.45) is 0. The molecule has 0 N–H and O–H groups in total. The molecule has 0 spiro atoms. The van der Waals surface area contributed by atoms with Crippen LogP contribution >= 0.6 is 0 Å². The van der Waals surface area contributed by atoms with E-state index >= 15 is 0 Å². The summed E-state index contributed by atoms with van der Waals surface area (Å²) in [5, 5.41) is 0. The number of halogens is 2. The second-order valence-corrected chi connectivity index (χ2v) is 22.1. The van der Waals surface area contributed by atoms with Gasteiger partial charge < -0.3 is 24.8 Å². The molecule has 0 atom stereocenters. The van der Waals surface area contributed by atoms with E-state index in [4.69, 9.17) is 0 Å². The maximum atomic E-state index is 2.31. The van der Waals surface area contributed by atoms with E-state index in [-0.39, 0.29) is 51.9 Å². The summed E-state index contributed by atoms with van der Waals surface area (Å²) in [6.45, 7) is 31.9. The fourth-order valence-electron chi connectivity index (χ4n) is 3.46. The Morgan fingerprint density at radius 3 is 0.938 bits per heavy atom. The largest absolute Gasteiger partial charge is 1.00 e. The Kier molecular flexibility index (Phi) is 16.2. The van der Waals surface area contributed by atoms with Crippen LogP contribution in [0.4, 0.5) is 0 Å². The molecule has 2 aromatic rings. The Morgan fingerprint density at radius 1 is 0.594 bits per heavy atom. The van der Waals surface area contributed by atoms with Crippen molar-refractivity contribution in [1.82, 2.24) is 0 Å². The van der Waals surface area contributed by atoms with E-state index in [0.717, 1.165) is 0 Å². The van der Waals surface area contributed by atoms with Gasteiger partial charge in [-0.1, -0.05) is 93.9 Å². The molecule has 2 rings (SSSR count). The van der Waals surface area contributed by atoms with Gasteiger partial charge >= 0.3 is 41.9 Å². The van der Waals surface area contributed by atoms with Crippen LogP contribution in [0, 0.1) is 0 Å². The fourth-order valence-corrected chi connectivity index (χ4v) is 3.46. The molecule has 0 heterocycles. The summed E-state index contributed by atoms with van der Waals surface area (Å²) in [4.78, 5) is 0. The average molecular weight is 575 g/mol. The Hall–Kier alpha value is 0.380. The van der Waals surface area contributed by atoms with Crippen LogP contribution in [0.2, 0.25) is 13.1 Å². The Bertz CT molecular complexity index is 662. The van der Waals surface area contributed by atoms with Crippen LogP contribution in [0.25, 0.3) is 0 Å². The molecule has 0 aliphatic heterocycles. The van der Waals surface area contributed by atoms with Gasteiger partial charge in [0, 0.05) is 0 Å². The molecule has 0 bridgehead atoms. The molecular formula is C28H48Cl2SiZr-2. The molecule has 0 fully saturated rings. The second kappa shape index (κ2) is 14.1. The maximum absolute atomic E-state index is 2.31. The molecule has 0 radical (unpaired) electrons. The number of rotatable bonds is 0. The van der Waals surface area contributed by atoms with Crippen LogP contribution in [-0.2, 0) is 45.0 Å². The molecule has 0 saturated carbocycles. The van der Waals surface area contributed by atoms with Gasteiger partial charge in [0.2, 0.25) is 0 Å². The van der Waals surface area contributed by atoms with Crippen molar-refractivity contribution in [2.24, 2.45) is 0 Å². The second-order valence-electron chi connectivity index (χ2n) is 12.7. The topological polar surface area (TPSA) is 0 Å². The minimum Gasteiger partial charge on any atom is -1.00 e. The summed E-state index contributed by atoms with van der Waals surface area (Å²) < 4.78 is 0. The summed E-state index contributed by atoms with van der Waals surface area (Å²) in [6, 6.07) is 13.3. The van der Waals surface area contributed by atoms with Crippen LogP contribution < -0.4 is 24.8 Å².